The smallest absolute Gasteiger partial charge is 0.268 e. The number of nitrogens with zero attached hydrogens (tertiary/aromatic N) is 1. The largest absolute Gasteiger partial charge is 0.478 e. The molecule has 1 N–H and O–H groups in total. The van der Waals surface area contributed by atoms with Gasteiger partial charge in [-0.3, -0.25) is 14.5 Å². The van der Waals surface area contributed by atoms with E-state index in [9.17, 15) is 9.59 Å². The van der Waals surface area contributed by atoms with Crippen LogP contribution in [0.2, 0.25) is 0 Å². The number of carbonyl (C=O) groups excluding carboxylic acids is 2. The van der Waals surface area contributed by atoms with Crippen LogP contribution >= 0.6 is 0 Å². The molecule has 1 aromatic rings. The fourth-order valence-electron chi connectivity index (χ4n) is 2.56. The number of rotatable bonds is 6. The third-order valence-electron chi connectivity index (χ3n) is 3.93. The molecule has 0 spiro atoms. The van der Waals surface area contributed by atoms with Gasteiger partial charge in [0, 0.05) is 6.54 Å². The predicted molar refractivity (Wildman–Crippen MR) is 90.7 cm³/mol. The van der Waals surface area contributed by atoms with Gasteiger partial charge in [0.25, 0.3) is 5.91 Å². The van der Waals surface area contributed by atoms with E-state index in [0.29, 0.717) is 30.3 Å². The van der Waals surface area contributed by atoms with Crippen molar-refractivity contribution in [3.8, 4) is 5.75 Å². The predicted octanol–water partition coefficient (Wildman–Crippen LogP) is 2.66. The zero-order valence-corrected chi connectivity index (χ0v) is 14.4. The molecule has 0 saturated carbocycles. The lowest BCUT2D eigenvalue weighted by Crippen LogP contribution is -2.49. The maximum Gasteiger partial charge on any atom is 0.268 e. The van der Waals surface area contributed by atoms with E-state index in [-0.39, 0.29) is 18.4 Å². The zero-order chi connectivity index (χ0) is 17.0. The van der Waals surface area contributed by atoms with Crippen LogP contribution in [0.15, 0.2) is 18.2 Å². The fourth-order valence-corrected chi connectivity index (χ4v) is 2.56. The van der Waals surface area contributed by atoms with Crippen molar-refractivity contribution in [3.63, 3.8) is 0 Å². The highest BCUT2D eigenvalue weighted by Gasteiger charge is 2.34. The summed E-state index contributed by atoms with van der Waals surface area (Å²) in [6.07, 6.45) is 0.988. The number of ether oxygens (including phenoxy) is 1. The van der Waals surface area contributed by atoms with E-state index >= 15 is 0 Å². The van der Waals surface area contributed by atoms with E-state index < -0.39 is 6.10 Å². The Bertz CT molecular complexity index is 584. The van der Waals surface area contributed by atoms with Crippen LogP contribution in [-0.4, -0.2) is 31.0 Å². The van der Waals surface area contributed by atoms with Crippen molar-refractivity contribution in [2.45, 2.75) is 46.6 Å². The van der Waals surface area contributed by atoms with Crippen molar-refractivity contribution >= 4 is 17.5 Å². The van der Waals surface area contributed by atoms with Gasteiger partial charge in [-0.2, -0.15) is 0 Å². The Morgan fingerprint density at radius 2 is 2.13 bits per heavy atom. The van der Waals surface area contributed by atoms with Gasteiger partial charge in [-0.1, -0.05) is 26.8 Å². The van der Waals surface area contributed by atoms with Gasteiger partial charge in [0.15, 0.2) is 6.10 Å². The number of carbonyl (C=O) groups is 2. The number of fused-ring (bicyclic) bond motifs is 1. The Labute approximate surface area is 138 Å². The van der Waals surface area contributed by atoms with E-state index in [4.69, 9.17) is 4.74 Å². The SMILES string of the molecule is CC[C@H]1Oc2ccc(C)cc2N(CC(=O)NCCC(C)C)C1=O. The minimum Gasteiger partial charge on any atom is -0.478 e. The summed E-state index contributed by atoms with van der Waals surface area (Å²) < 4.78 is 5.75. The summed E-state index contributed by atoms with van der Waals surface area (Å²) in [5, 5.41) is 2.89. The second kappa shape index (κ2) is 7.49. The Balaban J connectivity index is 2.14. The first kappa shape index (κ1) is 17.3. The normalized spacial score (nSPS) is 17.0. The van der Waals surface area contributed by atoms with E-state index in [1.54, 1.807) is 4.90 Å². The van der Waals surface area contributed by atoms with Gasteiger partial charge < -0.3 is 10.1 Å². The average molecular weight is 318 g/mol. The fraction of sp³-hybridized carbons (Fsp3) is 0.556. The number of aryl methyl sites for hydroxylation is 1. The molecule has 1 atom stereocenters. The number of benzene rings is 1. The van der Waals surface area contributed by atoms with E-state index in [0.717, 1.165) is 12.0 Å². The van der Waals surface area contributed by atoms with Crippen molar-refractivity contribution in [3.05, 3.63) is 23.8 Å². The van der Waals surface area contributed by atoms with Crippen LogP contribution in [0.5, 0.6) is 5.75 Å². The molecule has 5 nitrogen and oxygen atoms in total. The molecule has 0 saturated heterocycles. The van der Waals surface area contributed by atoms with Crippen molar-refractivity contribution < 1.29 is 14.3 Å². The number of anilines is 1. The second-order valence-electron chi connectivity index (χ2n) is 6.44. The van der Waals surface area contributed by atoms with Gasteiger partial charge in [0.05, 0.1) is 5.69 Å². The van der Waals surface area contributed by atoms with Gasteiger partial charge in [0.1, 0.15) is 12.3 Å². The highest BCUT2D eigenvalue weighted by atomic mass is 16.5. The quantitative estimate of drug-likeness (QED) is 0.877. The van der Waals surface area contributed by atoms with Crippen molar-refractivity contribution in [2.75, 3.05) is 18.0 Å². The summed E-state index contributed by atoms with van der Waals surface area (Å²) in [6, 6.07) is 5.70. The molecule has 1 heterocycles. The Morgan fingerprint density at radius 1 is 1.39 bits per heavy atom. The summed E-state index contributed by atoms with van der Waals surface area (Å²) in [5.41, 5.74) is 1.71. The van der Waals surface area contributed by atoms with Gasteiger partial charge in [-0.05, 0) is 43.4 Å². The number of hydrogen-bond donors (Lipinski definition) is 1. The molecule has 0 unspecified atom stereocenters. The number of amides is 2. The molecule has 5 heteroatoms. The molecule has 23 heavy (non-hydrogen) atoms. The Kier molecular flexibility index (Phi) is 5.64. The third kappa shape index (κ3) is 4.24. The molecule has 2 amide bonds. The summed E-state index contributed by atoms with van der Waals surface area (Å²) >= 11 is 0. The minimum atomic E-state index is -0.520. The van der Waals surface area contributed by atoms with Crippen molar-refractivity contribution in [1.82, 2.24) is 5.32 Å². The maximum atomic E-state index is 12.6. The lowest BCUT2D eigenvalue weighted by molar-refractivity contribution is -0.129. The van der Waals surface area contributed by atoms with Gasteiger partial charge in [0.2, 0.25) is 5.91 Å². The summed E-state index contributed by atoms with van der Waals surface area (Å²) in [5.74, 6) is 0.915. The van der Waals surface area contributed by atoms with Gasteiger partial charge in [-0.25, -0.2) is 0 Å². The molecular weight excluding hydrogens is 292 g/mol. The number of hydrogen-bond acceptors (Lipinski definition) is 3. The first-order valence-corrected chi connectivity index (χ1v) is 8.27. The van der Waals surface area contributed by atoms with Crippen LogP contribution in [0.3, 0.4) is 0 Å². The lowest BCUT2D eigenvalue weighted by Gasteiger charge is -2.34. The Hall–Kier alpha value is -2.04. The molecule has 1 aliphatic heterocycles. The molecule has 1 aliphatic rings. The summed E-state index contributed by atoms with van der Waals surface area (Å²) in [4.78, 5) is 26.3. The maximum absolute atomic E-state index is 12.6. The van der Waals surface area contributed by atoms with Crippen molar-refractivity contribution in [2.24, 2.45) is 5.92 Å². The van der Waals surface area contributed by atoms with E-state index in [2.05, 4.69) is 19.2 Å². The highest BCUT2D eigenvalue weighted by Crippen LogP contribution is 2.35. The third-order valence-corrected chi connectivity index (χ3v) is 3.93. The van der Waals surface area contributed by atoms with Gasteiger partial charge >= 0.3 is 0 Å². The standard InChI is InChI=1S/C18H26N2O3/c1-5-15-18(22)20(11-17(21)19-9-8-12(2)3)14-10-13(4)6-7-16(14)23-15/h6-7,10,12,15H,5,8-9,11H2,1-4H3,(H,19,21)/t15-/m1/s1. The molecule has 1 aromatic carbocycles. The molecule has 0 aromatic heterocycles. The van der Waals surface area contributed by atoms with Crippen LogP contribution in [0, 0.1) is 12.8 Å². The van der Waals surface area contributed by atoms with Gasteiger partial charge in [-0.15, -0.1) is 0 Å². The lowest BCUT2D eigenvalue weighted by atomic mass is 10.1. The minimum absolute atomic E-state index is 0.0350. The first-order valence-electron chi connectivity index (χ1n) is 8.27. The van der Waals surface area contributed by atoms with Crippen LogP contribution < -0.4 is 15.0 Å². The molecule has 126 valence electrons. The van der Waals surface area contributed by atoms with E-state index in [1.165, 1.54) is 0 Å². The van der Waals surface area contributed by atoms with E-state index in [1.807, 2.05) is 32.0 Å². The summed E-state index contributed by atoms with van der Waals surface area (Å²) in [6.45, 7) is 8.76. The van der Waals surface area contributed by atoms with Crippen LogP contribution in [0.1, 0.15) is 39.2 Å². The highest BCUT2D eigenvalue weighted by molar-refractivity contribution is 6.03. The molecular formula is C18H26N2O3. The van der Waals surface area contributed by atoms with Crippen LogP contribution in [0.4, 0.5) is 5.69 Å². The van der Waals surface area contributed by atoms with Crippen molar-refractivity contribution in [1.29, 1.82) is 0 Å². The van der Waals surface area contributed by atoms with Crippen LogP contribution in [-0.2, 0) is 9.59 Å². The monoisotopic (exact) mass is 318 g/mol. The molecule has 0 aliphatic carbocycles. The molecule has 0 bridgehead atoms. The average Bonchev–Trinajstić information content (AvgIpc) is 2.49. The number of nitrogens with one attached hydrogen (secondary N) is 1. The molecule has 0 fully saturated rings. The Morgan fingerprint density at radius 3 is 2.78 bits per heavy atom. The zero-order valence-electron chi connectivity index (χ0n) is 14.4. The second-order valence-corrected chi connectivity index (χ2v) is 6.44. The topological polar surface area (TPSA) is 58.6 Å². The molecule has 0 radical (unpaired) electrons. The van der Waals surface area contributed by atoms with Crippen LogP contribution in [0.25, 0.3) is 0 Å². The summed E-state index contributed by atoms with van der Waals surface area (Å²) in [7, 11) is 0. The first-order chi connectivity index (χ1) is 10.9. The molecule has 2 rings (SSSR count).